The third kappa shape index (κ3) is 7.34. The van der Waals surface area contributed by atoms with Crippen LogP contribution in [0.2, 0.25) is 5.02 Å². The third-order valence-corrected chi connectivity index (χ3v) is 4.80. The molecule has 0 aliphatic rings. The number of nitrogens with one attached hydrogen (secondary N) is 2. The molecule has 0 spiro atoms. The number of halogens is 1. The number of benzene rings is 3. The summed E-state index contributed by atoms with van der Waals surface area (Å²) in [6.07, 6.45) is 3.72. The third-order valence-electron chi connectivity index (χ3n) is 4.54. The lowest BCUT2D eigenvalue weighted by Gasteiger charge is -2.07. The van der Waals surface area contributed by atoms with Crippen LogP contribution in [0.4, 0.5) is 11.4 Å². The zero-order valence-electron chi connectivity index (χ0n) is 18.8. The molecular formula is C25H19ClN4O6. The zero-order valence-corrected chi connectivity index (χ0v) is 19.6. The molecule has 0 aliphatic heterocycles. The van der Waals surface area contributed by atoms with Crippen molar-refractivity contribution in [3.05, 3.63) is 105 Å². The van der Waals surface area contributed by atoms with Crippen molar-refractivity contribution in [2.24, 2.45) is 5.10 Å². The molecule has 10 nitrogen and oxygen atoms in total. The Hall–Kier alpha value is -4.83. The minimum atomic E-state index is -0.850. The maximum atomic E-state index is 12.3. The van der Waals surface area contributed by atoms with Crippen LogP contribution in [-0.4, -0.2) is 28.9 Å². The number of rotatable bonds is 8. The predicted molar refractivity (Wildman–Crippen MR) is 135 cm³/mol. The highest BCUT2D eigenvalue weighted by atomic mass is 35.5. The number of nitro benzene ring substituents is 1. The van der Waals surface area contributed by atoms with Gasteiger partial charge in [-0.05, 0) is 54.1 Å². The number of nitro groups is 1. The van der Waals surface area contributed by atoms with Crippen molar-refractivity contribution in [2.45, 2.75) is 6.92 Å². The lowest BCUT2D eigenvalue weighted by atomic mass is 10.2. The molecule has 3 aromatic rings. The van der Waals surface area contributed by atoms with E-state index in [0.717, 1.165) is 12.3 Å². The number of carbonyl (C=O) groups is 3. The average Bonchev–Trinajstić information content (AvgIpc) is 2.84. The molecule has 0 fully saturated rings. The van der Waals surface area contributed by atoms with Crippen molar-refractivity contribution in [1.29, 1.82) is 0 Å². The summed E-state index contributed by atoms with van der Waals surface area (Å²) in [7, 11) is 0. The first kappa shape index (κ1) is 25.8. The Morgan fingerprint density at radius 1 is 1.03 bits per heavy atom. The van der Waals surface area contributed by atoms with Crippen LogP contribution in [-0.2, 0) is 9.59 Å². The molecule has 0 heterocycles. The minimum absolute atomic E-state index is 0.0961. The molecule has 182 valence electrons. The number of hydrazone groups is 1. The summed E-state index contributed by atoms with van der Waals surface area (Å²) in [4.78, 5) is 46.5. The quantitative estimate of drug-likeness (QED) is 0.114. The fourth-order valence-electron chi connectivity index (χ4n) is 2.90. The van der Waals surface area contributed by atoms with Crippen LogP contribution in [0.3, 0.4) is 0 Å². The van der Waals surface area contributed by atoms with Gasteiger partial charge in [-0.3, -0.25) is 19.7 Å². The van der Waals surface area contributed by atoms with Crippen molar-refractivity contribution in [2.75, 3.05) is 5.32 Å². The molecule has 0 unspecified atom stereocenters. The van der Waals surface area contributed by atoms with Crippen molar-refractivity contribution in [3.63, 3.8) is 0 Å². The van der Waals surface area contributed by atoms with Gasteiger partial charge in [0, 0.05) is 40.9 Å². The first-order valence-electron chi connectivity index (χ1n) is 10.4. The van der Waals surface area contributed by atoms with E-state index in [9.17, 15) is 24.5 Å². The SMILES string of the molecule is CC(=O)Nc1ccc(C(=O)N/N=C/c2cccc([N+](=O)[O-])c2OC(=O)/C=C/c2ccc(Cl)cc2)cc1. The highest BCUT2D eigenvalue weighted by Crippen LogP contribution is 2.30. The van der Waals surface area contributed by atoms with Gasteiger partial charge >= 0.3 is 11.7 Å². The van der Waals surface area contributed by atoms with Crippen LogP contribution < -0.4 is 15.5 Å². The summed E-state index contributed by atoms with van der Waals surface area (Å²) in [5, 5.41) is 18.4. The van der Waals surface area contributed by atoms with E-state index in [1.807, 2.05) is 0 Å². The molecule has 0 radical (unpaired) electrons. The zero-order chi connectivity index (χ0) is 26.1. The van der Waals surface area contributed by atoms with Gasteiger partial charge in [-0.15, -0.1) is 0 Å². The molecule has 3 rings (SSSR count). The molecule has 0 saturated carbocycles. The van der Waals surface area contributed by atoms with Gasteiger partial charge in [-0.2, -0.15) is 5.10 Å². The molecule has 36 heavy (non-hydrogen) atoms. The van der Waals surface area contributed by atoms with E-state index < -0.39 is 22.5 Å². The van der Waals surface area contributed by atoms with Crippen LogP contribution in [0.25, 0.3) is 6.08 Å². The first-order valence-corrected chi connectivity index (χ1v) is 10.7. The molecule has 0 saturated heterocycles. The van der Waals surface area contributed by atoms with Gasteiger partial charge < -0.3 is 10.1 Å². The molecular weight excluding hydrogens is 488 g/mol. The summed E-state index contributed by atoms with van der Waals surface area (Å²) in [6, 6.07) is 16.8. The molecule has 0 atom stereocenters. The summed E-state index contributed by atoms with van der Waals surface area (Å²) in [6.45, 7) is 1.37. The van der Waals surface area contributed by atoms with Gasteiger partial charge in [0.15, 0.2) is 0 Å². The normalized spacial score (nSPS) is 10.8. The Bertz CT molecular complexity index is 1350. The number of esters is 1. The van der Waals surface area contributed by atoms with Crippen molar-refractivity contribution >= 4 is 53.0 Å². The van der Waals surface area contributed by atoms with Crippen LogP contribution in [0.1, 0.15) is 28.4 Å². The Labute approximate surface area is 210 Å². The Morgan fingerprint density at radius 3 is 2.36 bits per heavy atom. The second kappa shape index (κ2) is 12.0. The van der Waals surface area contributed by atoms with E-state index in [4.69, 9.17) is 16.3 Å². The number of carbonyl (C=O) groups excluding carboxylic acids is 3. The van der Waals surface area contributed by atoms with Crippen LogP contribution in [0.15, 0.2) is 77.9 Å². The lowest BCUT2D eigenvalue weighted by Crippen LogP contribution is -2.18. The van der Waals surface area contributed by atoms with Crippen LogP contribution in [0, 0.1) is 10.1 Å². The van der Waals surface area contributed by atoms with Crippen LogP contribution in [0.5, 0.6) is 5.75 Å². The van der Waals surface area contributed by atoms with E-state index in [1.165, 1.54) is 43.3 Å². The minimum Gasteiger partial charge on any atom is -0.415 e. The summed E-state index contributed by atoms with van der Waals surface area (Å²) in [5.41, 5.74) is 3.40. The van der Waals surface area contributed by atoms with Crippen molar-refractivity contribution < 1.29 is 24.0 Å². The second-order valence-electron chi connectivity index (χ2n) is 7.22. The number of hydrogen-bond acceptors (Lipinski definition) is 7. The summed E-state index contributed by atoms with van der Waals surface area (Å²) in [5.74, 6) is -1.98. The lowest BCUT2D eigenvalue weighted by molar-refractivity contribution is -0.385. The van der Waals surface area contributed by atoms with Crippen LogP contribution >= 0.6 is 11.6 Å². The number of anilines is 1. The molecule has 0 bridgehead atoms. The monoisotopic (exact) mass is 506 g/mol. The van der Waals surface area contributed by atoms with Gasteiger partial charge in [-0.25, -0.2) is 10.2 Å². The average molecular weight is 507 g/mol. The van der Waals surface area contributed by atoms with E-state index in [-0.39, 0.29) is 22.8 Å². The van der Waals surface area contributed by atoms with E-state index in [1.54, 1.807) is 36.4 Å². The second-order valence-corrected chi connectivity index (χ2v) is 7.65. The van der Waals surface area contributed by atoms with Gasteiger partial charge in [0.25, 0.3) is 5.91 Å². The van der Waals surface area contributed by atoms with Crippen molar-refractivity contribution in [3.8, 4) is 5.75 Å². The number of nitrogens with zero attached hydrogens (tertiary/aromatic N) is 2. The molecule has 3 aromatic carbocycles. The molecule has 0 aliphatic carbocycles. The molecule has 0 aromatic heterocycles. The highest BCUT2D eigenvalue weighted by Gasteiger charge is 2.20. The number of para-hydroxylation sites is 1. The largest absolute Gasteiger partial charge is 0.415 e. The summed E-state index contributed by atoms with van der Waals surface area (Å²) < 4.78 is 5.24. The first-order chi connectivity index (χ1) is 17.2. The standard InChI is InChI=1S/C25H19ClN4O6/c1-16(31)28-21-12-8-18(9-13-21)25(33)29-27-15-19-3-2-4-22(30(34)35)24(19)36-23(32)14-7-17-5-10-20(26)11-6-17/h2-15H,1H3,(H,28,31)(H,29,33)/b14-7+,27-15+. The Balaban J connectivity index is 1.74. The van der Waals surface area contributed by atoms with E-state index >= 15 is 0 Å². The topological polar surface area (TPSA) is 140 Å². The number of hydrogen-bond donors (Lipinski definition) is 2. The maximum absolute atomic E-state index is 12.3. The van der Waals surface area contributed by atoms with E-state index in [2.05, 4.69) is 15.8 Å². The Kier molecular flexibility index (Phi) is 8.63. The smallest absolute Gasteiger partial charge is 0.336 e. The van der Waals surface area contributed by atoms with E-state index in [0.29, 0.717) is 16.3 Å². The van der Waals surface area contributed by atoms with Gasteiger partial charge in [-0.1, -0.05) is 29.8 Å². The van der Waals surface area contributed by atoms with Gasteiger partial charge in [0.2, 0.25) is 11.7 Å². The Morgan fingerprint density at radius 2 is 1.72 bits per heavy atom. The number of amides is 2. The molecule has 11 heteroatoms. The highest BCUT2D eigenvalue weighted by molar-refractivity contribution is 6.30. The maximum Gasteiger partial charge on any atom is 0.336 e. The predicted octanol–water partition coefficient (Wildman–Crippen LogP) is 4.59. The molecule has 2 amide bonds. The van der Waals surface area contributed by atoms with Gasteiger partial charge in [0.05, 0.1) is 11.1 Å². The summed E-state index contributed by atoms with van der Waals surface area (Å²) >= 11 is 5.83. The van der Waals surface area contributed by atoms with Crippen molar-refractivity contribution in [1.82, 2.24) is 5.43 Å². The molecule has 2 N–H and O–H groups in total. The van der Waals surface area contributed by atoms with Gasteiger partial charge in [0.1, 0.15) is 0 Å². The fourth-order valence-corrected chi connectivity index (χ4v) is 3.03. The fraction of sp³-hybridized carbons (Fsp3) is 0.0400. The number of ether oxygens (including phenoxy) is 1.